The van der Waals surface area contributed by atoms with E-state index in [4.69, 9.17) is 0 Å². The van der Waals surface area contributed by atoms with Crippen LogP contribution >= 0.6 is 15.9 Å². The van der Waals surface area contributed by atoms with Gasteiger partial charge < -0.3 is 5.32 Å². The van der Waals surface area contributed by atoms with E-state index in [0.717, 1.165) is 10.9 Å². The number of fused-ring (bicyclic) bond motifs is 1. The van der Waals surface area contributed by atoms with E-state index in [9.17, 15) is 0 Å². The van der Waals surface area contributed by atoms with Crippen molar-refractivity contribution in [3.05, 3.63) is 45.7 Å². The molecule has 19 heavy (non-hydrogen) atoms. The molecule has 1 unspecified atom stereocenters. The highest BCUT2D eigenvalue weighted by atomic mass is 79.9. The Morgan fingerprint density at radius 2 is 2.26 bits per heavy atom. The van der Waals surface area contributed by atoms with Crippen LogP contribution in [0.1, 0.15) is 35.7 Å². The Kier molecular flexibility index (Phi) is 3.35. The van der Waals surface area contributed by atoms with E-state index in [0.29, 0.717) is 6.04 Å². The first-order chi connectivity index (χ1) is 9.15. The smallest absolute Gasteiger partial charge is 0.0547 e. The monoisotopic (exact) mass is 319 g/mol. The molecule has 1 N–H and O–H groups in total. The third kappa shape index (κ3) is 2.41. The van der Waals surface area contributed by atoms with Gasteiger partial charge in [0.05, 0.1) is 12.2 Å². The minimum Gasteiger partial charge on any atom is -0.378 e. The molecule has 1 aliphatic rings. The molecule has 1 heterocycles. The molecule has 3 nitrogen and oxygen atoms in total. The fourth-order valence-corrected chi connectivity index (χ4v) is 3.04. The molecule has 0 bridgehead atoms. The van der Waals surface area contributed by atoms with Gasteiger partial charge in [-0.3, -0.25) is 4.68 Å². The Hall–Kier alpha value is -1.29. The Balaban J connectivity index is 1.86. The lowest BCUT2D eigenvalue weighted by Crippen LogP contribution is -2.17. The molecule has 4 heteroatoms. The van der Waals surface area contributed by atoms with E-state index in [2.05, 4.69) is 51.5 Å². The number of aryl methyl sites for hydroxylation is 2. The van der Waals surface area contributed by atoms with Gasteiger partial charge in [-0.1, -0.05) is 15.9 Å². The summed E-state index contributed by atoms with van der Waals surface area (Å²) in [5.74, 6) is 0. The highest BCUT2D eigenvalue weighted by molar-refractivity contribution is 9.10. The maximum Gasteiger partial charge on any atom is 0.0547 e. The van der Waals surface area contributed by atoms with Crippen molar-refractivity contribution >= 4 is 21.6 Å². The summed E-state index contributed by atoms with van der Waals surface area (Å²) in [4.78, 5) is 0. The maximum absolute atomic E-state index is 4.39. The van der Waals surface area contributed by atoms with E-state index >= 15 is 0 Å². The zero-order chi connectivity index (χ0) is 13.4. The van der Waals surface area contributed by atoms with E-state index in [-0.39, 0.29) is 0 Å². The molecule has 2 aromatic rings. The molecule has 0 spiro atoms. The van der Waals surface area contributed by atoms with Gasteiger partial charge in [0.1, 0.15) is 0 Å². The zero-order valence-electron chi connectivity index (χ0n) is 11.3. The van der Waals surface area contributed by atoms with Gasteiger partial charge in [-0.05, 0) is 49.9 Å². The second-order valence-electron chi connectivity index (χ2n) is 5.22. The van der Waals surface area contributed by atoms with Crippen LogP contribution in [0.25, 0.3) is 0 Å². The molecular weight excluding hydrogens is 302 g/mol. The molecule has 1 atom stereocenters. The Morgan fingerprint density at radius 1 is 1.42 bits per heavy atom. The van der Waals surface area contributed by atoms with Crippen molar-refractivity contribution in [3.63, 3.8) is 0 Å². The molecule has 0 fully saturated rings. The molecule has 0 saturated carbocycles. The van der Waals surface area contributed by atoms with Crippen LogP contribution in [0.5, 0.6) is 0 Å². The van der Waals surface area contributed by atoms with Crippen LogP contribution < -0.4 is 5.32 Å². The van der Waals surface area contributed by atoms with Crippen molar-refractivity contribution in [1.82, 2.24) is 9.78 Å². The molecular formula is C15H18BrN3. The van der Waals surface area contributed by atoms with E-state index in [1.54, 1.807) is 0 Å². The number of benzene rings is 1. The second-order valence-corrected chi connectivity index (χ2v) is 6.08. The molecule has 0 radical (unpaired) electrons. The Bertz CT molecular complexity index is 603. The molecule has 1 aromatic heterocycles. The van der Waals surface area contributed by atoms with Crippen molar-refractivity contribution in [2.24, 2.45) is 7.05 Å². The van der Waals surface area contributed by atoms with Crippen molar-refractivity contribution in [2.45, 2.75) is 32.2 Å². The van der Waals surface area contributed by atoms with Gasteiger partial charge in [-0.15, -0.1) is 0 Å². The number of aromatic nitrogens is 2. The van der Waals surface area contributed by atoms with E-state index in [1.165, 1.54) is 35.3 Å². The van der Waals surface area contributed by atoms with Crippen LogP contribution in [0.15, 0.2) is 28.9 Å². The maximum atomic E-state index is 4.39. The Morgan fingerprint density at radius 3 is 3.05 bits per heavy atom. The average molecular weight is 320 g/mol. The van der Waals surface area contributed by atoms with Crippen LogP contribution in [0, 0.1) is 6.92 Å². The van der Waals surface area contributed by atoms with Crippen LogP contribution in [0.4, 0.5) is 5.69 Å². The second kappa shape index (κ2) is 5.00. The fourth-order valence-electron chi connectivity index (χ4n) is 2.79. The predicted molar refractivity (Wildman–Crippen MR) is 81.4 cm³/mol. The Labute approximate surface area is 122 Å². The number of rotatable bonds is 2. The number of nitrogens with zero attached hydrogens (tertiary/aromatic N) is 2. The lowest BCUT2D eigenvalue weighted by Gasteiger charge is -2.25. The highest BCUT2D eigenvalue weighted by Crippen LogP contribution is 2.32. The van der Waals surface area contributed by atoms with Gasteiger partial charge in [-0.25, -0.2) is 0 Å². The molecule has 0 amide bonds. The SMILES string of the molecule is Cc1cc(NC2CCCc3c2cnn3C)ccc1Br. The lowest BCUT2D eigenvalue weighted by molar-refractivity contribution is 0.571. The molecule has 0 saturated heterocycles. The molecule has 100 valence electrons. The third-order valence-corrected chi connectivity index (χ3v) is 4.76. The molecule has 1 aromatic carbocycles. The summed E-state index contributed by atoms with van der Waals surface area (Å²) in [7, 11) is 2.03. The predicted octanol–water partition coefficient (Wildman–Crippen LogP) is 3.98. The summed E-state index contributed by atoms with van der Waals surface area (Å²) in [5, 5.41) is 8.04. The quantitative estimate of drug-likeness (QED) is 0.907. The summed E-state index contributed by atoms with van der Waals surface area (Å²) < 4.78 is 3.17. The summed E-state index contributed by atoms with van der Waals surface area (Å²) in [6.45, 7) is 2.12. The number of hydrogen-bond acceptors (Lipinski definition) is 2. The number of anilines is 1. The van der Waals surface area contributed by atoms with Crippen LogP contribution in [-0.2, 0) is 13.5 Å². The van der Waals surface area contributed by atoms with E-state index < -0.39 is 0 Å². The number of halogens is 1. The number of hydrogen-bond donors (Lipinski definition) is 1. The standard InChI is InChI=1S/C15H18BrN3/c1-10-8-11(6-7-13(10)16)18-14-4-3-5-15-12(14)9-17-19(15)2/h6-9,14,18H,3-5H2,1-2H3. The molecule has 1 aliphatic carbocycles. The van der Waals surface area contributed by atoms with Crippen molar-refractivity contribution in [3.8, 4) is 0 Å². The van der Waals surface area contributed by atoms with Gasteiger partial charge in [0, 0.05) is 28.5 Å². The van der Waals surface area contributed by atoms with Gasteiger partial charge in [-0.2, -0.15) is 5.10 Å². The fraction of sp³-hybridized carbons (Fsp3) is 0.400. The summed E-state index contributed by atoms with van der Waals surface area (Å²) in [6.07, 6.45) is 5.55. The van der Waals surface area contributed by atoms with Crippen LogP contribution in [-0.4, -0.2) is 9.78 Å². The molecule has 3 rings (SSSR count). The summed E-state index contributed by atoms with van der Waals surface area (Å²) >= 11 is 3.54. The van der Waals surface area contributed by atoms with Crippen molar-refractivity contribution < 1.29 is 0 Å². The van der Waals surface area contributed by atoms with Crippen molar-refractivity contribution in [2.75, 3.05) is 5.32 Å². The first kappa shape index (κ1) is 12.7. The third-order valence-electron chi connectivity index (χ3n) is 3.87. The first-order valence-electron chi connectivity index (χ1n) is 6.68. The van der Waals surface area contributed by atoms with Gasteiger partial charge in [0.15, 0.2) is 0 Å². The zero-order valence-corrected chi connectivity index (χ0v) is 12.9. The summed E-state index contributed by atoms with van der Waals surface area (Å²) in [6, 6.07) is 6.80. The van der Waals surface area contributed by atoms with Crippen LogP contribution in [0.2, 0.25) is 0 Å². The van der Waals surface area contributed by atoms with Gasteiger partial charge in [0.2, 0.25) is 0 Å². The van der Waals surface area contributed by atoms with E-state index in [1.807, 2.05) is 17.9 Å². The minimum atomic E-state index is 0.387. The topological polar surface area (TPSA) is 29.9 Å². The number of nitrogens with one attached hydrogen (secondary N) is 1. The minimum absolute atomic E-state index is 0.387. The largest absolute Gasteiger partial charge is 0.378 e. The van der Waals surface area contributed by atoms with Crippen LogP contribution in [0.3, 0.4) is 0 Å². The van der Waals surface area contributed by atoms with Gasteiger partial charge >= 0.3 is 0 Å². The first-order valence-corrected chi connectivity index (χ1v) is 7.48. The lowest BCUT2D eigenvalue weighted by atomic mass is 9.93. The van der Waals surface area contributed by atoms with Crippen molar-refractivity contribution in [1.29, 1.82) is 0 Å². The average Bonchev–Trinajstić information content (AvgIpc) is 2.77. The highest BCUT2D eigenvalue weighted by Gasteiger charge is 2.23. The summed E-state index contributed by atoms with van der Waals surface area (Å²) in [5.41, 5.74) is 5.17. The molecule has 0 aliphatic heterocycles. The normalized spacial score (nSPS) is 18.2. The van der Waals surface area contributed by atoms with Gasteiger partial charge in [0.25, 0.3) is 0 Å².